The molecule has 0 aliphatic heterocycles. The van der Waals surface area contributed by atoms with E-state index in [-0.39, 0.29) is 17.0 Å². The number of nitrogen functional groups attached to an aromatic ring is 1. The number of amides is 1. The van der Waals surface area contributed by atoms with Gasteiger partial charge in [-0.15, -0.1) is 5.10 Å². The van der Waals surface area contributed by atoms with E-state index in [9.17, 15) is 9.18 Å². The lowest BCUT2D eigenvalue weighted by atomic mass is 10.0. The molecule has 4 rings (SSSR count). The Morgan fingerprint density at radius 2 is 1.89 bits per heavy atom. The molecule has 0 spiro atoms. The molecule has 0 radical (unpaired) electrons. The Morgan fingerprint density at radius 3 is 2.67 bits per heavy atom. The predicted molar refractivity (Wildman–Crippen MR) is 97.5 cm³/mol. The van der Waals surface area contributed by atoms with Gasteiger partial charge in [-0.05, 0) is 30.2 Å². The van der Waals surface area contributed by atoms with Crippen LogP contribution in [-0.2, 0) is 0 Å². The van der Waals surface area contributed by atoms with Crippen molar-refractivity contribution in [2.45, 2.75) is 6.92 Å². The molecule has 0 aliphatic rings. The van der Waals surface area contributed by atoms with Crippen molar-refractivity contribution in [1.82, 2.24) is 24.6 Å². The molecule has 0 saturated heterocycles. The SMILES string of the molecule is Cc1cnccc1-c1ccncc1NC(=O)c1c(N)nn2cc(F)cnc12. The maximum Gasteiger partial charge on any atom is 0.263 e. The van der Waals surface area contributed by atoms with E-state index in [0.29, 0.717) is 5.69 Å². The van der Waals surface area contributed by atoms with Crippen LogP contribution in [0.5, 0.6) is 0 Å². The zero-order chi connectivity index (χ0) is 19.0. The minimum Gasteiger partial charge on any atom is -0.381 e. The molecule has 0 atom stereocenters. The first-order valence-electron chi connectivity index (χ1n) is 8.00. The topological polar surface area (TPSA) is 111 Å². The number of anilines is 2. The summed E-state index contributed by atoms with van der Waals surface area (Å²) in [4.78, 5) is 24.9. The average molecular weight is 363 g/mol. The van der Waals surface area contributed by atoms with Crippen molar-refractivity contribution < 1.29 is 9.18 Å². The summed E-state index contributed by atoms with van der Waals surface area (Å²) in [6.07, 6.45) is 8.70. The van der Waals surface area contributed by atoms with Gasteiger partial charge in [0.15, 0.2) is 17.3 Å². The number of aromatic nitrogens is 5. The van der Waals surface area contributed by atoms with Gasteiger partial charge in [-0.25, -0.2) is 13.9 Å². The van der Waals surface area contributed by atoms with Gasteiger partial charge in [-0.2, -0.15) is 0 Å². The van der Waals surface area contributed by atoms with Gasteiger partial charge in [0.25, 0.3) is 5.91 Å². The second-order valence-corrected chi connectivity index (χ2v) is 5.87. The lowest BCUT2D eigenvalue weighted by Crippen LogP contribution is -2.15. The molecule has 0 bridgehead atoms. The van der Waals surface area contributed by atoms with E-state index in [1.807, 2.05) is 13.0 Å². The molecule has 4 aromatic heterocycles. The highest BCUT2D eigenvalue weighted by molar-refractivity contribution is 6.12. The highest BCUT2D eigenvalue weighted by Crippen LogP contribution is 2.30. The molecular formula is C18H14FN7O. The molecule has 3 N–H and O–H groups in total. The van der Waals surface area contributed by atoms with Gasteiger partial charge in [-0.1, -0.05) is 0 Å². The van der Waals surface area contributed by atoms with Gasteiger partial charge < -0.3 is 11.1 Å². The highest BCUT2D eigenvalue weighted by Gasteiger charge is 2.21. The van der Waals surface area contributed by atoms with Gasteiger partial charge in [0.05, 0.1) is 24.3 Å². The van der Waals surface area contributed by atoms with Gasteiger partial charge in [0.1, 0.15) is 5.56 Å². The van der Waals surface area contributed by atoms with E-state index in [4.69, 9.17) is 5.73 Å². The van der Waals surface area contributed by atoms with E-state index in [1.54, 1.807) is 30.9 Å². The first-order valence-corrected chi connectivity index (χ1v) is 8.00. The van der Waals surface area contributed by atoms with E-state index in [0.717, 1.165) is 33.6 Å². The van der Waals surface area contributed by atoms with Crippen LogP contribution in [0.25, 0.3) is 16.8 Å². The third kappa shape index (κ3) is 2.95. The summed E-state index contributed by atoms with van der Waals surface area (Å²) in [6.45, 7) is 1.93. The van der Waals surface area contributed by atoms with Crippen LogP contribution in [0.2, 0.25) is 0 Å². The predicted octanol–water partition coefficient (Wildman–Crippen LogP) is 2.47. The average Bonchev–Trinajstić information content (AvgIpc) is 2.97. The molecule has 4 aromatic rings. The van der Waals surface area contributed by atoms with Crippen LogP contribution < -0.4 is 11.1 Å². The van der Waals surface area contributed by atoms with E-state index in [2.05, 4.69) is 25.4 Å². The number of hydrogen-bond acceptors (Lipinski definition) is 6. The van der Waals surface area contributed by atoms with Crippen LogP contribution in [-0.4, -0.2) is 30.5 Å². The molecule has 8 nitrogen and oxygen atoms in total. The van der Waals surface area contributed by atoms with Crippen LogP contribution in [0.4, 0.5) is 15.9 Å². The third-order valence-electron chi connectivity index (χ3n) is 4.07. The summed E-state index contributed by atoms with van der Waals surface area (Å²) in [6, 6.07) is 3.65. The molecule has 1 amide bonds. The fraction of sp³-hybridized carbons (Fsp3) is 0.0556. The molecule has 4 heterocycles. The van der Waals surface area contributed by atoms with Crippen molar-refractivity contribution in [1.29, 1.82) is 0 Å². The fourth-order valence-electron chi connectivity index (χ4n) is 2.84. The van der Waals surface area contributed by atoms with Crippen LogP contribution in [0, 0.1) is 12.7 Å². The first kappa shape index (κ1) is 16.6. The number of rotatable bonds is 3. The number of nitrogens with zero attached hydrogens (tertiary/aromatic N) is 5. The van der Waals surface area contributed by atoms with E-state index in [1.165, 1.54) is 0 Å². The number of hydrogen-bond donors (Lipinski definition) is 2. The largest absolute Gasteiger partial charge is 0.381 e. The first-order chi connectivity index (χ1) is 13.0. The van der Waals surface area contributed by atoms with Crippen LogP contribution in [0.3, 0.4) is 0 Å². The second kappa shape index (κ2) is 6.45. The van der Waals surface area contributed by atoms with Gasteiger partial charge >= 0.3 is 0 Å². The lowest BCUT2D eigenvalue weighted by Gasteiger charge is -2.12. The molecule has 134 valence electrons. The summed E-state index contributed by atoms with van der Waals surface area (Å²) in [5.41, 5.74) is 9.23. The zero-order valence-electron chi connectivity index (χ0n) is 14.2. The van der Waals surface area contributed by atoms with Crippen LogP contribution in [0.15, 0.2) is 49.3 Å². The quantitative estimate of drug-likeness (QED) is 0.578. The Kier molecular flexibility index (Phi) is 3.96. The summed E-state index contributed by atoms with van der Waals surface area (Å²) in [5.74, 6) is -1.14. The Hall–Kier alpha value is -3.88. The standard InChI is InChI=1S/C18H14FN7O/c1-10-6-21-4-2-12(10)13-3-5-22-8-14(13)24-18(27)15-16(20)25-26-9-11(19)7-23-17(15)26/h2-9H,1H3,(H2,20,25)(H,24,27). The lowest BCUT2D eigenvalue weighted by molar-refractivity contribution is 0.102. The Labute approximate surface area is 152 Å². The number of pyridine rings is 2. The minimum atomic E-state index is -0.584. The number of nitrogens with two attached hydrogens (primary N) is 1. The third-order valence-corrected chi connectivity index (χ3v) is 4.07. The van der Waals surface area contributed by atoms with Crippen molar-refractivity contribution in [2.75, 3.05) is 11.1 Å². The molecule has 0 fully saturated rings. The van der Waals surface area contributed by atoms with Gasteiger partial charge in [0.2, 0.25) is 0 Å². The summed E-state index contributed by atoms with van der Waals surface area (Å²) in [5, 5.41) is 6.74. The van der Waals surface area contributed by atoms with E-state index < -0.39 is 11.7 Å². The van der Waals surface area contributed by atoms with Crippen molar-refractivity contribution in [3.8, 4) is 11.1 Å². The molecular weight excluding hydrogens is 349 g/mol. The zero-order valence-corrected chi connectivity index (χ0v) is 14.2. The summed E-state index contributed by atoms with van der Waals surface area (Å²) >= 11 is 0. The Morgan fingerprint density at radius 1 is 1.15 bits per heavy atom. The number of aryl methyl sites for hydroxylation is 1. The Balaban J connectivity index is 1.75. The van der Waals surface area contributed by atoms with Crippen molar-refractivity contribution in [3.63, 3.8) is 0 Å². The number of halogens is 1. The molecule has 0 saturated carbocycles. The summed E-state index contributed by atoms with van der Waals surface area (Å²) in [7, 11) is 0. The van der Waals surface area contributed by atoms with Crippen molar-refractivity contribution in [2.24, 2.45) is 0 Å². The maximum absolute atomic E-state index is 13.3. The highest BCUT2D eigenvalue weighted by atomic mass is 19.1. The van der Waals surface area contributed by atoms with Crippen molar-refractivity contribution in [3.05, 3.63) is 66.3 Å². The Bertz CT molecular complexity index is 1170. The molecule has 9 heteroatoms. The number of fused-ring (bicyclic) bond motifs is 1. The second-order valence-electron chi connectivity index (χ2n) is 5.87. The van der Waals surface area contributed by atoms with Gasteiger partial charge in [-0.3, -0.25) is 14.8 Å². The molecule has 0 aromatic carbocycles. The van der Waals surface area contributed by atoms with E-state index >= 15 is 0 Å². The number of carbonyl (C=O) groups is 1. The monoisotopic (exact) mass is 363 g/mol. The van der Waals surface area contributed by atoms with Crippen LogP contribution in [0.1, 0.15) is 15.9 Å². The number of carbonyl (C=O) groups excluding carboxylic acids is 1. The van der Waals surface area contributed by atoms with Crippen LogP contribution >= 0.6 is 0 Å². The molecule has 0 unspecified atom stereocenters. The maximum atomic E-state index is 13.3. The van der Waals surface area contributed by atoms with Crippen molar-refractivity contribution >= 4 is 23.1 Å². The molecule has 27 heavy (non-hydrogen) atoms. The normalized spacial score (nSPS) is 10.9. The fourth-order valence-corrected chi connectivity index (χ4v) is 2.84. The number of nitrogens with one attached hydrogen (secondary N) is 1. The molecule has 0 aliphatic carbocycles. The summed E-state index contributed by atoms with van der Waals surface area (Å²) < 4.78 is 14.5. The van der Waals surface area contributed by atoms with Gasteiger partial charge in [0, 0.05) is 24.2 Å². The smallest absolute Gasteiger partial charge is 0.263 e. The minimum absolute atomic E-state index is 0.0452.